The first-order valence-electron chi connectivity index (χ1n) is 9.38. The summed E-state index contributed by atoms with van der Waals surface area (Å²) in [4.78, 5) is 13.0. The van der Waals surface area contributed by atoms with Crippen LogP contribution in [0.5, 0.6) is 0 Å². The van der Waals surface area contributed by atoms with Crippen molar-refractivity contribution in [1.29, 1.82) is 0 Å². The Labute approximate surface area is 172 Å². The van der Waals surface area contributed by atoms with E-state index in [4.69, 9.17) is 0 Å². The molecule has 0 aliphatic heterocycles. The molecule has 2 heterocycles. The number of halogens is 1. The van der Waals surface area contributed by atoms with Crippen LogP contribution in [0, 0.1) is 26.6 Å². The van der Waals surface area contributed by atoms with Crippen LogP contribution >= 0.6 is 0 Å². The highest BCUT2D eigenvalue weighted by Gasteiger charge is 2.20. The van der Waals surface area contributed by atoms with Crippen LogP contribution in [0.2, 0.25) is 0 Å². The largest absolute Gasteiger partial charge is 0.322 e. The second-order valence-electron chi connectivity index (χ2n) is 6.95. The Balaban J connectivity index is 1.60. The Hall–Kier alpha value is -3.88. The van der Waals surface area contributed by atoms with Gasteiger partial charge in [0.2, 0.25) is 0 Å². The topological polar surface area (TPSA) is 90.5 Å². The molecule has 4 aromatic rings. The fraction of sp³-hybridized carbons (Fsp3) is 0.190. The summed E-state index contributed by atoms with van der Waals surface area (Å²) >= 11 is 0. The van der Waals surface area contributed by atoms with E-state index in [1.54, 1.807) is 18.5 Å². The Morgan fingerprint density at radius 3 is 2.57 bits per heavy atom. The lowest BCUT2D eigenvalue weighted by Gasteiger charge is -2.09. The number of amides is 1. The lowest BCUT2D eigenvalue weighted by atomic mass is 10.1. The van der Waals surface area contributed by atoms with Crippen molar-refractivity contribution in [3.63, 3.8) is 0 Å². The molecule has 9 heteroatoms. The van der Waals surface area contributed by atoms with Crippen molar-refractivity contribution in [2.24, 2.45) is 0 Å². The van der Waals surface area contributed by atoms with Gasteiger partial charge in [-0.2, -0.15) is 9.78 Å². The van der Waals surface area contributed by atoms with E-state index >= 15 is 0 Å². The molecule has 0 aliphatic rings. The van der Waals surface area contributed by atoms with Gasteiger partial charge in [-0.3, -0.25) is 9.48 Å². The highest BCUT2D eigenvalue weighted by molar-refractivity contribution is 6.06. The van der Waals surface area contributed by atoms with E-state index in [-0.39, 0.29) is 11.6 Å². The molecule has 0 saturated heterocycles. The number of anilines is 1. The first-order chi connectivity index (χ1) is 14.4. The highest BCUT2D eigenvalue weighted by atomic mass is 19.1. The first kappa shape index (κ1) is 19.4. The Morgan fingerprint density at radius 1 is 1.10 bits per heavy atom. The predicted molar refractivity (Wildman–Crippen MR) is 109 cm³/mol. The minimum atomic E-state index is -0.494. The second kappa shape index (κ2) is 7.86. The van der Waals surface area contributed by atoms with Gasteiger partial charge in [0, 0.05) is 11.4 Å². The van der Waals surface area contributed by atoms with E-state index in [9.17, 15) is 9.18 Å². The fourth-order valence-electron chi connectivity index (χ4n) is 3.34. The van der Waals surface area contributed by atoms with Gasteiger partial charge in [-0.1, -0.05) is 30.3 Å². The third kappa shape index (κ3) is 3.69. The average Bonchev–Trinajstić information content (AvgIpc) is 3.26. The van der Waals surface area contributed by atoms with E-state index < -0.39 is 5.82 Å². The van der Waals surface area contributed by atoms with Gasteiger partial charge in [-0.25, -0.2) is 4.39 Å². The van der Waals surface area contributed by atoms with Crippen LogP contribution in [0.15, 0.2) is 48.5 Å². The van der Waals surface area contributed by atoms with Crippen molar-refractivity contribution in [1.82, 2.24) is 30.0 Å². The number of hydrogen-bond acceptors (Lipinski definition) is 5. The first-order valence-corrected chi connectivity index (χ1v) is 9.38. The number of nitrogens with one attached hydrogen (secondary N) is 1. The van der Waals surface area contributed by atoms with Crippen molar-refractivity contribution < 1.29 is 9.18 Å². The molecule has 1 amide bonds. The molecule has 0 bridgehead atoms. The monoisotopic (exact) mass is 405 g/mol. The van der Waals surface area contributed by atoms with E-state index in [0.29, 0.717) is 29.3 Å². The minimum Gasteiger partial charge on any atom is -0.322 e. The van der Waals surface area contributed by atoms with E-state index in [0.717, 1.165) is 11.3 Å². The third-order valence-electron chi connectivity index (χ3n) is 4.84. The van der Waals surface area contributed by atoms with Crippen molar-refractivity contribution in [3.8, 4) is 5.69 Å². The van der Waals surface area contributed by atoms with Crippen molar-refractivity contribution in [2.45, 2.75) is 27.3 Å². The number of carbonyl (C=O) groups is 1. The molecule has 0 spiro atoms. The zero-order valence-corrected chi connectivity index (χ0v) is 16.8. The van der Waals surface area contributed by atoms with Gasteiger partial charge in [0.1, 0.15) is 11.5 Å². The number of tetrazole rings is 1. The number of nitrogens with zero attached hydrogens (tertiary/aromatic N) is 6. The molecule has 0 unspecified atom stereocenters. The third-order valence-corrected chi connectivity index (χ3v) is 4.84. The predicted octanol–water partition coefficient (Wildman–Crippen LogP) is 3.22. The summed E-state index contributed by atoms with van der Waals surface area (Å²) in [7, 11) is 0. The number of aryl methyl sites for hydroxylation is 2. The summed E-state index contributed by atoms with van der Waals surface area (Å²) in [6.07, 6.45) is 0. The maximum Gasteiger partial charge on any atom is 0.259 e. The van der Waals surface area contributed by atoms with Crippen LogP contribution in [-0.2, 0) is 6.54 Å². The Morgan fingerprint density at radius 2 is 1.87 bits per heavy atom. The van der Waals surface area contributed by atoms with Gasteiger partial charge in [0.25, 0.3) is 5.91 Å². The van der Waals surface area contributed by atoms with Crippen LogP contribution in [0.4, 0.5) is 10.1 Å². The molecule has 0 saturated carbocycles. The quantitative estimate of drug-likeness (QED) is 0.551. The average molecular weight is 405 g/mol. The van der Waals surface area contributed by atoms with Crippen molar-refractivity contribution in [2.75, 3.05) is 5.32 Å². The zero-order chi connectivity index (χ0) is 21.3. The molecule has 0 fully saturated rings. The van der Waals surface area contributed by atoms with Crippen LogP contribution in [0.25, 0.3) is 5.69 Å². The molecule has 30 heavy (non-hydrogen) atoms. The molecule has 4 rings (SSSR count). The molecule has 0 aliphatic carbocycles. The van der Waals surface area contributed by atoms with Gasteiger partial charge >= 0.3 is 0 Å². The summed E-state index contributed by atoms with van der Waals surface area (Å²) in [6, 6.07) is 14.2. The molecule has 0 radical (unpaired) electrons. The van der Waals surface area contributed by atoms with E-state index in [1.807, 2.05) is 37.3 Å². The normalized spacial score (nSPS) is 10.9. The number of benzene rings is 2. The van der Waals surface area contributed by atoms with E-state index in [1.165, 1.54) is 22.9 Å². The molecule has 0 atom stereocenters. The number of rotatable bonds is 5. The molecular formula is C21H20FN7O. The summed E-state index contributed by atoms with van der Waals surface area (Å²) in [6.45, 7) is 5.89. The standard InChI is InChI=1S/C21H20FN7O/c1-13-20(14(2)28(25-13)12-16-7-5-4-6-8-16)21(30)23-17-9-10-18(22)19(11-17)29-15(3)24-26-27-29/h4-11H,12H2,1-3H3,(H,23,30). The Bertz CT molecular complexity index is 1210. The van der Waals surface area contributed by atoms with Crippen LogP contribution in [0.1, 0.15) is 33.1 Å². The van der Waals surface area contributed by atoms with Crippen LogP contribution < -0.4 is 5.32 Å². The summed E-state index contributed by atoms with van der Waals surface area (Å²) in [5.41, 5.74) is 3.56. The summed E-state index contributed by atoms with van der Waals surface area (Å²) in [5.74, 6) is -0.368. The number of carbonyl (C=O) groups excluding carboxylic acids is 1. The molecule has 1 N–H and O–H groups in total. The fourth-order valence-corrected chi connectivity index (χ4v) is 3.34. The molecule has 152 valence electrons. The SMILES string of the molecule is Cc1nn(Cc2ccccc2)c(C)c1C(=O)Nc1ccc(F)c(-n2nnnc2C)c1. The van der Waals surface area contributed by atoms with Gasteiger partial charge in [-0.15, -0.1) is 5.10 Å². The smallest absolute Gasteiger partial charge is 0.259 e. The maximum atomic E-state index is 14.3. The van der Waals surface area contributed by atoms with Gasteiger partial charge < -0.3 is 5.32 Å². The van der Waals surface area contributed by atoms with E-state index in [2.05, 4.69) is 25.9 Å². The van der Waals surface area contributed by atoms with Crippen molar-refractivity contribution in [3.05, 3.63) is 82.7 Å². The molecule has 8 nitrogen and oxygen atoms in total. The molecule has 2 aromatic heterocycles. The minimum absolute atomic E-state index is 0.156. The van der Waals surface area contributed by atoms with Crippen LogP contribution in [-0.4, -0.2) is 35.9 Å². The summed E-state index contributed by atoms with van der Waals surface area (Å²) in [5, 5.41) is 18.4. The maximum absolute atomic E-state index is 14.3. The Kier molecular flexibility index (Phi) is 5.09. The molecular weight excluding hydrogens is 385 g/mol. The number of aromatic nitrogens is 6. The van der Waals surface area contributed by atoms with Gasteiger partial charge in [0.05, 0.1) is 17.8 Å². The highest BCUT2D eigenvalue weighted by Crippen LogP contribution is 2.21. The van der Waals surface area contributed by atoms with Gasteiger partial charge in [0.15, 0.2) is 5.82 Å². The van der Waals surface area contributed by atoms with Crippen molar-refractivity contribution >= 4 is 11.6 Å². The number of hydrogen-bond donors (Lipinski definition) is 1. The summed E-state index contributed by atoms with van der Waals surface area (Å²) < 4.78 is 17.4. The lowest BCUT2D eigenvalue weighted by molar-refractivity contribution is 0.102. The van der Waals surface area contributed by atoms with Gasteiger partial charge in [-0.05, 0) is 55.0 Å². The lowest BCUT2D eigenvalue weighted by Crippen LogP contribution is -2.15. The van der Waals surface area contributed by atoms with Crippen LogP contribution in [0.3, 0.4) is 0 Å². The molecule has 2 aromatic carbocycles. The zero-order valence-electron chi connectivity index (χ0n) is 16.8. The second-order valence-corrected chi connectivity index (χ2v) is 6.95.